The normalized spacial score (nSPS) is 17.3. The minimum Gasteiger partial charge on any atom is -0.352 e. The van der Waals surface area contributed by atoms with E-state index in [1.807, 2.05) is 55.5 Å². The van der Waals surface area contributed by atoms with Crippen LogP contribution in [0, 0.1) is 12.9 Å². The van der Waals surface area contributed by atoms with Crippen LogP contribution in [0.1, 0.15) is 42.4 Å². The van der Waals surface area contributed by atoms with Crippen LogP contribution in [0.4, 0.5) is 4.39 Å². The number of fused-ring (bicyclic) bond motifs is 1. The standard InChI is InChI=1S/C38H37ClFN7O3/c1-22-28(23-14-15-47-33(16-23)43-19-25(38(47)50)18-42-21-27-10-13-35(49)45-27)4-2-5-29(22)30-6-3-7-31(36(30)39)32-11-8-24(37(40)46-32)17-41-20-26-9-12-34(48)44-26/h2-8,11,14-16,19,26-27,41-42H,9-10,12-13,17-18,20-21H2,1H3,(H,44,48)(H,45,49). The van der Waals surface area contributed by atoms with Crippen LogP contribution < -0.4 is 26.8 Å². The van der Waals surface area contributed by atoms with Crippen molar-refractivity contribution in [3.8, 4) is 33.5 Å². The zero-order chi connectivity index (χ0) is 34.8. The molecule has 50 heavy (non-hydrogen) atoms. The number of aromatic nitrogens is 3. The van der Waals surface area contributed by atoms with Gasteiger partial charge in [-0.1, -0.05) is 54.1 Å². The molecule has 2 saturated heterocycles. The molecule has 12 heteroatoms. The maximum atomic E-state index is 15.1. The lowest BCUT2D eigenvalue weighted by molar-refractivity contribution is -0.120. The minimum absolute atomic E-state index is 0.0479. The zero-order valence-electron chi connectivity index (χ0n) is 27.6. The highest BCUT2D eigenvalue weighted by atomic mass is 35.5. The Hall–Kier alpha value is -4.97. The predicted octanol–water partition coefficient (Wildman–Crippen LogP) is 4.93. The predicted molar refractivity (Wildman–Crippen MR) is 191 cm³/mol. The van der Waals surface area contributed by atoms with Crippen molar-refractivity contribution >= 4 is 29.1 Å². The van der Waals surface area contributed by atoms with E-state index >= 15 is 4.39 Å². The van der Waals surface area contributed by atoms with Crippen LogP contribution in [-0.4, -0.2) is 51.4 Å². The maximum absolute atomic E-state index is 15.1. The number of carbonyl (C=O) groups excluding carboxylic acids is 2. The monoisotopic (exact) mass is 693 g/mol. The number of hydrogen-bond acceptors (Lipinski definition) is 7. The lowest BCUT2D eigenvalue weighted by Crippen LogP contribution is -2.36. The van der Waals surface area contributed by atoms with E-state index in [0.29, 0.717) is 72.1 Å². The summed E-state index contributed by atoms with van der Waals surface area (Å²) < 4.78 is 16.7. The Balaban J connectivity index is 1.09. The van der Waals surface area contributed by atoms with E-state index in [4.69, 9.17) is 11.6 Å². The third kappa shape index (κ3) is 7.02. The highest BCUT2D eigenvalue weighted by Gasteiger charge is 2.22. The zero-order valence-corrected chi connectivity index (χ0v) is 28.3. The van der Waals surface area contributed by atoms with Crippen molar-refractivity contribution in [2.24, 2.45) is 0 Å². The van der Waals surface area contributed by atoms with Crippen molar-refractivity contribution in [2.45, 2.75) is 57.8 Å². The van der Waals surface area contributed by atoms with Gasteiger partial charge in [-0.15, -0.1) is 0 Å². The molecule has 0 saturated carbocycles. The van der Waals surface area contributed by atoms with Crippen LogP contribution in [0.25, 0.3) is 39.2 Å². The van der Waals surface area contributed by atoms with Crippen LogP contribution >= 0.6 is 11.6 Å². The average Bonchev–Trinajstić information content (AvgIpc) is 3.73. The summed E-state index contributed by atoms with van der Waals surface area (Å²) in [6.45, 7) is 3.84. The summed E-state index contributed by atoms with van der Waals surface area (Å²) in [6, 6.07) is 19.0. The van der Waals surface area contributed by atoms with E-state index < -0.39 is 5.95 Å². The fraction of sp³-hybridized carbons (Fsp3) is 0.289. The van der Waals surface area contributed by atoms with Crippen LogP contribution in [0.3, 0.4) is 0 Å². The smallest absolute Gasteiger partial charge is 0.262 e. The van der Waals surface area contributed by atoms with E-state index in [-0.39, 0.29) is 29.5 Å². The molecule has 2 unspecified atom stereocenters. The molecule has 0 bridgehead atoms. The van der Waals surface area contributed by atoms with Crippen LogP contribution in [0.5, 0.6) is 0 Å². The Bertz CT molecular complexity index is 2170. The number of benzene rings is 2. The number of hydrogen-bond donors (Lipinski definition) is 4. The number of pyridine rings is 2. The molecule has 10 nitrogen and oxygen atoms in total. The van der Waals surface area contributed by atoms with Crippen molar-refractivity contribution in [1.82, 2.24) is 35.6 Å². The Kier molecular flexibility index (Phi) is 9.71. The fourth-order valence-corrected chi connectivity index (χ4v) is 7.07. The van der Waals surface area contributed by atoms with Crippen LogP contribution in [-0.2, 0) is 22.7 Å². The molecule has 2 aromatic carbocycles. The van der Waals surface area contributed by atoms with Crippen LogP contribution in [0.2, 0.25) is 5.02 Å². The van der Waals surface area contributed by atoms with Crippen molar-refractivity contribution in [1.29, 1.82) is 0 Å². The number of halogens is 2. The summed E-state index contributed by atoms with van der Waals surface area (Å²) in [7, 11) is 0. The van der Waals surface area contributed by atoms with Gasteiger partial charge in [-0.25, -0.2) is 9.97 Å². The Labute approximate surface area is 293 Å². The minimum atomic E-state index is -0.573. The number of nitrogens with zero attached hydrogens (tertiary/aromatic N) is 3. The van der Waals surface area contributed by atoms with Gasteiger partial charge in [-0.05, 0) is 60.2 Å². The molecular formula is C38H37ClFN7O3. The molecule has 0 radical (unpaired) electrons. The SMILES string of the molecule is Cc1c(-c2ccn3c(=O)c(CNCC4CCC(=O)N4)cnc3c2)cccc1-c1cccc(-c2ccc(CNCC3CCC(=O)N3)c(F)n2)c1Cl. The van der Waals surface area contributed by atoms with Crippen molar-refractivity contribution in [3.63, 3.8) is 0 Å². The highest BCUT2D eigenvalue weighted by molar-refractivity contribution is 6.36. The number of nitrogens with one attached hydrogen (secondary N) is 4. The van der Waals surface area contributed by atoms with Crippen molar-refractivity contribution < 1.29 is 14.0 Å². The van der Waals surface area contributed by atoms with Gasteiger partial charge >= 0.3 is 0 Å². The molecule has 4 N–H and O–H groups in total. The second-order valence-corrected chi connectivity index (χ2v) is 13.3. The largest absolute Gasteiger partial charge is 0.352 e. The van der Waals surface area contributed by atoms with Gasteiger partial charge in [-0.2, -0.15) is 4.39 Å². The molecule has 0 aliphatic carbocycles. The van der Waals surface area contributed by atoms with Gasteiger partial charge in [0.05, 0.1) is 10.7 Å². The molecule has 2 aliphatic heterocycles. The lowest BCUT2D eigenvalue weighted by Gasteiger charge is -2.16. The van der Waals surface area contributed by atoms with E-state index in [9.17, 15) is 14.4 Å². The van der Waals surface area contributed by atoms with Gasteiger partial charge in [0.15, 0.2) is 0 Å². The number of rotatable bonds is 11. The van der Waals surface area contributed by atoms with Gasteiger partial charge in [0.25, 0.3) is 5.56 Å². The lowest BCUT2D eigenvalue weighted by atomic mass is 9.92. The third-order valence-corrected chi connectivity index (χ3v) is 9.91. The first-order valence-electron chi connectivity index (χ1n) is 16.8. The first-order valence-corrected chi connectivity index (χ1v) is 17.2. The first kappa shape index (κ1) is 33.5. The molecule has 5 heterocycles. The second-order valence-electron chi connectivity index (χ2n) is 12.9. The molecule has 2 fully saturated rings. The van der Waals surface area contributed by atoms with Gasteiger partial charge in [0.1, 0.15) is 5.65 Å². The van der Waals surface area contributed by atoms with E-state index in [0.717, 1.165) is 40.7 Å². The molecule has 0 spiro atoms. The average molecular weight is 694 g/mol. The first-order chi connectivity index (χ1) is 24.2. The highest BCUT2D eigenvalue weighted by Crippen LogP contribution is 2.39. The topological polar surface area (TPSA) is 130 Å². The summed E-state index contributed by atoms with van der Waals surface area (Å²) in [5.74, 6) is -0.463. The molecule has 7 rings (SSSR count). The van der Waals surface area contributed by atoms with Gasteiger partial charge < -0.3 is 21.3 Å². The Morgan fingerprint density at radius 1 is 0.840 bits per heavy atom. The second kappa shape index (κ2) is 14.5. The van der Waals surface area contributed by atoms with E-state index in [1.54, 1.807) is 28.9 Å². The molecule has 2 aliphatic rings. The van der Waals surface area contributed by atoms with E-state index in [1.165, 1.54) is 0 Å². The van der Waals surface area contributed by atoms with Gasteiger partial charge in [0.2, 0.25) is 17.8 Å². The molecule has 2 amide bonds. The Morgan fingerprint density at radius 2 is 1.48 bits per heavy atom. The quantitative estimate of drug-likeness (QED) is 0.145. The maximum Gasteiger partial charge on any atom is 0.262 e. The van der Waals surface area contributed by atoms with Crippen molar-refractivity contribution in [2.75, 3.05) is 13.1 Å². The summed E-state index contributed by atoms with van der Waals surface area (Å²) in [5.41, 5.74) is 6.96. The third-order valence-electron chi connectivity index (χ3n) is 9.50. The van der Waals surface area contributed by atoms with Crippen LogP contribution in [0.15, 0.2) is 77.9 Å². The van der Waals surface area contributed by atoms with Gasteiger partial charge in [0, 0.05) is 85.8 Å². The molecule has 3 aromatic heterocycles. The van der Waals surface area contributed by atoms with Crippen molar-refractivity contribution in [3.05, 3.63) is 111 Å². The molecule has 5 aromatic rings. The van der Waals surface area contributed by atoms with E-state index in [2.05, 4.69) is 31.2 Å². The molecular weight excluding hydrogens is 657 g/mol. The molecule has 256 valence electrons. The fourth-order valence-electron chi connectivity index (χ4n) is 6.75. The summed E-state index contributed by atoms with van der Waals surface area (Å²) in [6.07, 6.45) is 5.97. The Morgan fingerprint density at radius 3 is 2.14 bits per heavy atom. The molecule has 2 atom stereocenters. The van der Waals surface area contributed by atoms with Gasteiger partial charge in [-0.3, -0.25) is 18.8 Å². The summed E-state index contributed by atoms with van der Waals surface area (Å²) in [4.78, 5) is 45.0. The number of amides is 2. The number of carbonyl (C=O) groups is 2. The summed E-state index contributed by atoms with van der Waals surface area (Å²) in [5, 5.41) is 12.8. The summed E-state index contributed by atoms with van der Waals surface area (Å²) >= 11 is 7.02.